The van der Waals surface area contributed by atoms with Gasteiger partial charge in [-0.2, -0.15) is 0 Å². The highest BCUT2D eigenvalue weighted by Crippen LogP contribution is 2.22. The molecule has 0 saturated heterocycles. The van der Waals surface area contributed by atoms with Crippen LogP contribution in [0.4, 0.5) is 5.69 Å². The summed E-state index contributed by atoms with van der Waals surface area (Å²) >= 11 is 11.7. The first kappa shape index (κ1) is 17.3. The number of rotatable bonds is 6. The van der Waals surface area contributed by atoms with Gasteiger partial charge in [-0.25, -0.2) is 0 Å². The molecule has 0 fully saturated rings. The van der Waals surface area contributed by atoms with E-state index in [-0.39, 0.29) is 24.8 Å². The Bertz CT molecular complexity index is 670. The molecule has 2 N–H and O–H groups in total. The summed E-state index contributed by atoms with van der Waals surface area (Å²) in [5, 5.41) is 6.30. The number of halogens is 2. The molecule has 0 aromatic heterocycles. The van der Waals surface area contributed by atoms with Gasteiger partial charge in [0.25, 0.3) is 0 Å². The minimum atomic E-state index is -0.219. The summed E-state index contributed by atoms with van der Waals surface area (Å²) < 4.78 is 0. The number of amides is 2. The molecule has 0 unspecified atom stereocenters. The zero-order chi connectivity index (χ0) is 16.7. The molecule has 0 atom stereocenters. The number of carbonyl (C=O) groups is 2. The van der Waals surface area contributed by atoms with Crippen molar-refractivity contribution in [2.45, 2.75) is 12.8 Å². The van der Waals surface area contributed by atoms with Crippen LogP contribution >= 0.6 is 23.2 Å². The molecule has 120 valence electrons. The third-order valence-electron chi connectivity index (χ3n) is 3.03. The second kappa shape index (κ2) is 8.56. The van der Waals surface area contributed by atoms with Crippen LogP contribution in [-0.2, 0) is 16.0 Å². The summed E-state index contributed by atoms with van der Waals surface area (Å²) in [6, 6.07) is 14.2. The topological polar surface area (TPSA) is 58.2 Å². The fourth-order valence-electron chi connectivity index (χ4n) is 2.01. The van der Waals surface area contributed by atoms with Gasteiger partial charge in [-0.3, -0.25) is 9.59 Å². The number of anilines is 1. The predicted molar refractivity (Wildman–Crippen MR) is 92.9 cm³/mol. The van der Waals surface area contributed by atoms with Crippen LogP contribution in [0.25, 0.3) is 0 Å². The van der Waals surface area contributed by atoms with Crippen LogP contribution in [0.3, 0.4) is 0 Å². The van der Waals surface area contributed by atoms with Crippen molar-refractivity contribution in [1.82, 2.24) is 5.32 Å². The molecule has 0 spiro atoms. The van der Waals surface area contributed by atoms with Crippen LogP contribution in [-0.4, -0.2) is 18.4 Å². The molecule has 0 saturated carbocycles. The fourth-order valence-corrected chi connectivity index (χ4v) is 2.53. The maximum absolute atomic E-state index is 11.8. The molecule has 23 heavy (non-hydrogen) atoms. The van der Waals surface area contributed by atoms with E-state index in [9.17, 15) is 9.59 Å². The lowest BCUT2D eigenvalue weighted by molar-refractivity contribution is -0.120. The van der Waals surface area contributed by atoms with Crippen LogP contribution in [0, 0.1) is 0 Å². The molecule has 4 nitrogen and oxygen atoms in total. The van der Waals surface area contributed by atoms with E-state index in [0.717, 1.165) is 5.56 Å². The number of benzene rings is 2. The van der Waals surface area contributed by atoms with Gasteiger partial charge in [0.05, 0.1) is 6.42 Å². The van der Waals surface area contributed by atoms with Crippen LogP contribution in [0.2, 0.25) is 10.0 Å². The molecule has 2 rings (SSSR count). The zero-order valence-corrected chi connectivity index (χ0v) is 13.8. The normalized spacial score (nSPS) is 10.2. The monoisotopic (exact) mass is 350 g/mol. The van der Waals surface area contributed by atoms with E-state index in [2.05, 4.69) is 10.6 Å². The third kappa shape index (κ3) is 6.30. The van der Waals surface area contributed by atoms with E-state index >= 15 is 0 Å². The quantitative estimate of drug-likeness (QED) is 0.834. The second-order valence-electron chi connectivity index (χ2n) is 4.97. The summed E-state index contributed by atoms with van der Waals surface area (Å²) in [7, 11) is 0. The molecule has 0 aliphatic heterocycles. The SMILES string of the molecule is O=C(Cc1ccccc1)NCCC(=O)Nc1cc(Cl)cc(Cl)c1. The fraction of sp³-hybridized carbons (Fsp3) is 0.176. The van der Waals surface area contributed by atoms with Crippen molar-refractivity contribution in [3.63, 3.8) is 0 Å². The van der Waals surface area contributed by atoms with Crippen molar-refractivity contribution in [2.75, 3.05) is 11.9 Å². The second-order valence-corrected chi connectivity index (χ2v) is 5.84. The number of hydrogen-bond acceptors (Lipinski definition) is 2. The van der Waals surface area contributed by atoms with Gasteiger partial charge in [0.15, 0.2) is 0 Å². The average molecular weight is 351 g/mol. The van der Waals surface area contributed by atoms with E-state index in [4.69, 9.17) is 23.2 Å². The zero-order valence-electron chi connectivity index (χ0n) is 12.3. The first-order valence-corrected chi connectivity index (χ1v) is 7.85. The minimum absolute atomic E-state index is 0.116. The van der Waals surface area contributed by atoms with Crippen molar-refractivity contribution in [3.8, 4) is 0 Å². The van der Waals surface area contributed by atoms with Gasteiger partial charge in [-0.05, 0) is 23.8 Å². The molecule has 0 bridgehead atoms. The number of carbonyl (C=O) groups excluding carboxylic acids is 2. The number of nitrogens with one attached hydrogen (secondary N) is 2. The molecule has 2 aromatic carbocycles. The first-order valence-electron chi connectivity index (χ1n) is 7.09. The van der Waals surface area contributed by atoms with E-state index in [1.54, 1.807) is 18.2 Å². The maximum Gasteiger partial charge on any atom is 0.226 e. The van der Waals surface area contributed by atoms with Gasteiger partial charge in [-0.15, -0.1) is 0 Å². The van der Waals surface area contributed by atoms with Crippen molar-refractivity contribution in [2.24, 2.45) is 0 Å². The Hall–Kier alpha value is -2.04. The van der Waals surface area contributed by atoms with Gasteiger partial charge < -0.3 is 10.6 Å². The summed E-state index contributed by atoms with van der Waals surface area (Å²) in [6.45, 7) is 0.270. The van der Waals surface area contributed by atoms with Gasteiger partial charge >= 0.3 is 0 Å². The molecule has 0 heterocycles. The van der Waals surface area contributed by atoms with E-state index < -0.39 is 0 Å². The standard InChI is InChI=1S/C17H16Cl2N2O2/c18-13-9-14(19)11-15(10-13)21-16(22)6-7-20-17(23)8-12-4-2-1-3-5-12/h1-5,9-11H,6-8H2,(H,20,23)(H,21,22). The Morgan fingerprint density at radius 3 is 2.22 bits per heavy atom. The molecule has 2 aromatic rings. The Labute approximate surface area is 144 Å². The summed E-state index contributed by atoms with van der Waals surface area (Å²) in [6.07, 6.45) is 0.469. The molecule has 2 amide bonds. The smallest absolute Gasteiger partial charge is 0.226 e. The molecule has 6 heteroatoms. The Balaban J connectivity index is 1.73. The summed E-state index contributed by atoms with van der Waals surface area (Å²) in [5.74, 6) is -0.335. The summed E-state index contributed by atoms with van der Waals surface area (Å²) in [4.78, 5) is 23.6. The van der Waals surface area contributed by atoms with Crippen molar-refractivity contribution in [3.05, 3.63) is 64.1 Å². The lowest BCUT2D eigenvalue weighted by atomic mass is 10.1. The van der Waals surface area contributed by atoms with Gasteiger partial charge in [0, 0.05) is 28.7 Å². The molecule has 0 aliphatic carbocycles. The van der Waals surface area contributed by atoms with E-state index in [1.807, 2.05) is 30.3 Å². The molecular weight excluding hydrogens is 335 g/mol. The van der Waals surface area contributed by atoms with Crippen LogP contribution < -0.4 is 10.6 Å². The van der Waals surface area contributed by atoms with Crippen molar-refractivity contribution < 1.29 is 9.59 Å². The largest absolute Gasteiger partial charge is 0.355 e. The van der Waals surface area contributed by atoms with Gasteiger partial charge in [0.2, 0.25) is 11.8 Å². The Kier molecular flexibility index (Phi) is 6.44. The molecule has 0 radical (unpaired) electrons. The first-order chi connectivity index (χ1) is 11.0. The minimum Gasteiger partial charge on any atom is -0.355 e. The third-order valence-corrected chi connectivity index (χ3v) is 3.46. The Morgan fingerprint density at radius 2 is 1.57 bits per heavy atom. The Morgan fingerprint density at radius 1 is 0.913 bits per heavy atom. The van der Waals surface area contributed by atoms with Crippen molar-refractivity contribution >= 4 is 40.7 Å². The highest BCUT2D eigenvalue weighted by molar-refractivity contribution is 6.35. The predicted octanol–water partition coefficient (Wildman–Crippen LogP) is 3.68. The van der Waals surface area contributed by atoms with Crippen LogP contribution in [0.5, 0.6) is 0 Å². The summed E-state index contributed by atoms with van der Waals surface area (Å²) in [5.41, 5.74) is 1.46. The van der Waals surface area contributed by atoms with E-state index in [0.29, 0.717) is 22.2 Å². The number of hydrogen-bond donors (Lipinski definition) is 2. The van der Waals surface area contributed by atoms with Gasteiger partial charge in [0.1, 0.15) is 0 Å². The highest BCUT2D eigenvalue weighted by Gasteiger charge is 2.06. The maximum atomic E-state index is 11.8. The highest BCUT2D eigenvalue weighted by atomic mass is 35.5. The molecule has 0 aliphatic rings. The lowest BCUT2D eigenvalue weighted by Gasteiger charge is -2.08. The lowest BCUT2D eigenvalue weighted by Crippen LogP contribution is -2.28. The van der Waals surface area contributed by atoms with Gasteiger partial charge in [-0.1, -0.05) is 53.5 Å². The average Bonchev–Trinajstić information content (AvgIpc) is 2.47. The van der Waals surface area contributed by atoms with E-state index in [1.165, 1.54) is 0 Å². The molecular formula is C17H16Cl2N2O2. The van der Waals surface area contributed by atoms with Crippen LogP contribution in [0.15, 0.2) is 48.5 Å². The van der Waals surface area contributed by atoms with Crippen LogP contribution in [0.1, 0.15) is 12.0 Å². The van der Waals surface area contributed by atoms with Crippen molar-refractivity contribution in [1.29, 1.82) is 0 Å².